The summed E-state index contributed by atoms with van der Waals surface area (Å²) in [4.78, 5) is 0. The van der Waals surface area contributed by atoms with Gasteiger partial charge in [0.15, 0.2) is 0 Å². The molecule has 3 heteroatoms. The molecule has 0 spiro atoms. The van der Waals surface area contributed by atoms with E-state index in [0.29, 0.717) is 0 Å². The van der Waals surface area contributed by atoms with Gasteiger partial charge in [-0.2, -0.15) is 0 Å². The first-order chi connectivity index (χ1) is 2.50. The SMILES string of the molecule is C1COCN1.[H-].[Na+]. The quantitative estimate of drug-likeness (QED) is 0.319. The minimum absolute atomic E-state index is 0. The smallest absolute Gasteiger partial charge is 1.00 e. The first-order valence-electron chi connectivity index (χ1n) is 1.78. The minimum atomic E-state index is 0. The first-order valence-corrected chi connectivity index (χ1v) is 1.78. The first kappa shape index (κ1) is 6.92. The van der Waals surface area contributed by atoms with Crippen LogP contribution in [0.5, 0.6) is 0 Å². The second kappa shape index (κ2) is 4.09. The predicted molar refractivity (Wildman–Crippen MR) is 19.9 cm³/mol. The fraction of sp³-hybridized carbons (Fsp3) is 1.00. The van der Waals surface area contributed by atoms with Crippen LogP contribution in [0.1, 0.15) is 1.43 Å². The molecule has 0 bridgehead atoms. The molecule has 32 valence electrons. The van der Waals surface area contributed by atoms with E-state index in [1.807, 2.05) is 0 Å². The standard InChI is InChI=1S/C3H7NO.Na.H/c1-2-5-3-4-1;;/h4H,1-3H2;;/q;+1;-1. The Balaban J connectivity index is 0. The van der Waals surface area contributed by atoms with Gasteiger partial charge in [-0.15, -0.1) is 0 Å². The molecule has 1 fully saturated rings. The van der Waals surface area contributed by atoms with Gasteiger partial charge in [-0.05, 0) is 0 Å². The van der Waals surface area contributed by atoms with E-state index in [-0.39, 0.29) is 31.0 Å². The van der Waals surface area contributed by atoms with Gasteiger partial charge in [0.05, 0.1) is 13.3 Å². The molecule has 1 saturated heterocycles. The molecule has 6 heavy (non-hydrogen) atoms. The third-order valence-corrected chi connectivity index (χ3v) is 0.627. The zero-order valence-electron chi connectivity index (χ0n) is 5.03. The van der Waals surface area contributed by atoms with Crippen LogP contribution in [0.2, 0.25) is 0 Å². The zero-order chi connectivity index (χ0) is 3.54. The van der Waals surface area contributed by atoms with Gasteiger partial charge in [-0.1, -0.05) is 0 Å². The largest absolute Gasteiger partial charge is 1.00 e. The maximum atomic E-state index is 4.83. The Kier molecular flexibility index (Phi) is 4.72. The summed E-state index contributed by atoms with van der Waals surface area (Å²) in [6.45, 7) is 2.67. The van der Waals surface area contributed by atoms with Crippen molar-refractivity contribution < 1.29 is 35.7 Å². The maximum absolute atomic E-state index is 4.83. The van der Waals surface area contributed by atoms with E-state index in [0.717, 1.165) is 19.9 Å². The number of hydrogen-bond acceptors (Lipinski definition) is 2. The Bertz CT molecular complexity index is 26.5. The van der Waals surface area contributed by atoms with Crippen LogP contribution in [0.3, 0.4) is 0 Å². The Morgan fingerprint density at radius 1 is 1.67 bits per heavy atom. The maximum Gasteiger partial charge on any atom is 1.00 e. The molecule has 0 amide bonds. The molecule has 0 radical (unpaired) electrons. The normalized spacial score (nSPS) is 20.0. The van der Waals surface area contributed by atoms with E-state index in [1.54, 1.807) is 0 Å². The zero-order valence-corrected chi connectivity index (χ0v) is 6.03. The average molecular weight is 97.1 g/mol. The van der Waals surface area contributed by atoms with Crippen molar-refractivity contribution in [3.63, 3.8) is 0 Å². The molecule has 0 saturated carbocycles. The van der Waals surface area contributed by atoms with Crippen LogP contribution in [0.4, 0.5) is 0 Å². The van der Waals surface area contributed by atoms with Crippen LogP contribution in [0.15, 0.2) is 0 Å². The number of rotatable bonds is 0. The molecule has 0 aromatic rings. The Labute approximate surface area is 61.0 Å². The van der Waals surface area contributed by atoms with E-state index in [4.69, 9.17) is 4.74 Å². The Morgan fingerprint density at radius 3 is 2.67 bits per heavy atom. The van der Waals surface area contributed by atoms with E-state index in [1.165, 1.54) is 0 Å². The van der Waals surface area contributed by atoms with Crippen molar-refractivity contribution in [1.29, 1.82) is 0 Å². The van der Waals surface area contributed by atoms with Crippen molar-refractivity contribution in [3.8, 4) is 0 Å². The van der Waals surface area contributed by atoms with Crippen molar-refractivity contribution in [2.75, 3.05) is 19.9 Å². The van der Waals surface area contributed by atoms with E-state index in [2.05, 4.69) is 5.32 Å². The monoisotopic (exact) mass is 97.1 g/mol. The fourth-order valence-corrected chi connectivity index (χ4v) is 0.361. The summed E-state index contributed by atoms with van der Waals surface area (Å²) in [6, 6.07) is 0. The molecular formula is C3H8NNaO. The summed E-state index contributed by atoms with van der Waals surface area (Å²) in [7, 11) is 0. The van der Waals surface area contributed by atoms with Gasteiger partial charge in [0, 0.05) is 6.54 Å². The summed E-state index contributed by atoms with van der Waals surface area (Å²) >= 11 is 0. The van der Waals surface area contributed by atoms with Crippen LogP contribution < -0.4 is 34.9 Å². The van der Waals surface area contributed by atoms with Crippen LogP contribution in [0.25, 0.3) is 0 Å². The molecule has 1 N–H and O–H groups in total. The van der Waals surface area contributed by atoms with E-state index >= 15 is 0 Å². The third kappa shape index (κ3) is 2.16. The topological polar surface area (TPSA) is 21.3 Å². The number of nitrogens with one attached hydrogen (secondary N) is 1. The van der Waals surface area contributed by atoms with Gasteiger partial charge >= 0.3 is 29.6 Å². The van der Waals surface area contributed by atoms with Gasteiger partial charge in [-0.3, -0.25) is 5.32 Å². The molecule has 1 heterocycles. The third-order valence-electron chi connectivity index (χ3n) is 0.627. The van der Waals surface area contributed by atoms with E-state index < -0.39 is 0 Å². The average Bonchev–Trinajstić information content (AvgIpc) is 1.76. The predicted octanol–water partition coefficient (Wildman–Crippen LogP) is -3.32. The van der Waals surface area contributed by atoms with Crippen molar-refractivity contribution in [2.24, 2.45) is 0 Å². The fourth-order valence-electron chi connectivity index (χ4n) is 0.361. The van der Waals surface area contributed by atoms with Crippen molar-refractivity contribution >= 4 is 0 Å². The molecule has 0 aromatic carbocycles. The molecule has 1 aliphatic heterocycles. The molecule has 0 aromatic heterocycles. The molecule has 1 rings (SSSR count). The molecule has 0 aliphatic carbocycles. The van der Waals surface area contributed by atoms with Gasteiger partial charge in [-0.25, -0.2) is 0 Å². The van der Waals surface area contributed by atoms with Crippen molar-refractivity contribution in [1.82, 2.24) is 5.32 Å². The van der Waals surface area contributed by atoms with Crippen molar-refractivity contribution in [2.45, 2.75) is 0 Å². The van der Waals surface area contributed by atoms with Crippen LogP contribution in [-0.2, 0) is 4.74 Å². The second-order valence-corrected chi connectivity index (χ2v) is 1.05. The van der Waals surface area contributed by atoms with Gasteiger partial charge in [0.1, 0.15) is 0 Å². The Morgan fingerprint density at radius 2 is 2.50 bits per heavy atom. The molecular weight excluding hydrogens is 89.0 g/mol. The summed E-state index contributed by atoms with van der Waals surface area (Å²) < 4.78 is 4.83. The molecule has 0 atom stereocenters. The van der Waals surface area contributed by atoms with Crippen LogP contribution in [0, 0.1) is 0 Å². The van der Waals surface area contributed by atoms with Crippen LogP contribution in [-0.4, -0.2) is 19.9 Å². The van der Waals surface area contributed by atoms with Gasteiger partial charge < -0.3 is 6.16 Å². The van der Waals surface area contributed by atoms with Gasteiger partial charge in [0.2, 0.25) is 0 Å². The summed E-state index contributed by atoms with van der Waals surface area (Å²) in [5.74, 6) is 0. The van der Waals surface area contributed by atoms with Gasteiger partial charge in [0.25, 0.3) is 0 Å². The molecule has 0 unspecified atom stereocenters. The minimum Gasteiger partial charge on any atom is -1.00 e. The summed E-state index contributed by atoms with van der Waals surface area (Å²) in [5, 5.41) is 3.00. The van der Waals surface area contributed by atoms with E-state index in [9.17, 15) is 0 Å². The number of hydrogen-bond donors (Lipinski definition) is 1. The van der Waals surface area contributed by atoms with Crippen LogP contribution >= 0.6 is 0 Å². The van der Waals surface area contributed by atoms with Crippen molar-refractivity contribution in [3.05, 3.63) is 0 Å². The summed E-state index contributed by atoms with van der Waals surface area (Å²) in [6.07, 6.45) is 0. The molecule has 2 nitrogen and oxygen atoms in total. The number of ether oxygens (including phenoxy) is 1. The molecule has 1 aliphatic rings. The second-order valence-electron chi connectivity index (χ2n) is 1.05. The summed E-state index contributed by atoms with van der Waals surface area (Å²) in [5.41, 5.74) is 0. The Hall–Kier alpha value is 0.920.